The monoisotopic (exact) mass is 274 g/mol. The molecule has 0 N–H and O–H groups in total. The van der Waals surface area contributed by atoms with Crippen molar-refractivity contribution in [3.05, 3.63) is 47.6 Å². The molecule has 0 saturated heterocycles. The van der Waals surface area contributed by atoms with Gasteiger partial charge >= 0.3 is 0 Å². The van der Waals surface area contributed by atoms with Crippen molar-refractivity contribution in [3.63, 3.8) is 0 Å². The molecule has 0 unspecified atom stereocenters. The van der Waals surface area contributed by atoms with E-state index in [4.69, 9.17) is 0 Å². The molecule has 0 aromatic rings. The SMILES string of the molecule is C/C=C/CC/C=C/CC/C=C/CC/C(C)=C(\C)C(C)C. The van der Waals surface area contributed by atoms with E-state index in [1.54, 1.807) is 11.1 Å². The third-order valence-electron chi connectivity index (χ3n) is 3.79. The van der Waals surface area contributed by atoms with Gasteiger partial charge in [0.05, 0.1) is 0 Å². The van der Waals surface area contributed by atoms with Gasteiger partial charge in [-0.15, -0.1) is 0 Å². The summed E-state index contributed by atoms with van der Waals surface area (Å²) in [7, 11) is 0. The topological polar surface area (TPSA) is 0 Å². The van der Waals surface area contributed by atoms with E-state index in [-0.39, 0.29) is 0 Å². The number of hydrogen-bond donors (Lipinski definition) is 0. The summed E-state index contributed by atoms with van der Waals surface area (Å²) in [5, 5.41) is 0. The van der Waals surface area contributed by atoms with E-state index < -0.39 is 0 Å². The molecular formula is C20H34. The molecule has 0 heterocycles. The zero-order valence-corrected chi connectivity index (χ0v) is 14.3. The molecular weight excluding hydrogens is 240 g/mol. The molecule has 0 spiro atoms. The Morgan fingerprint density at radius 1 is 0.750 bits per heavy atom. The van der Waals surface area contributed by atoms with Crippen LogP contribution in [-0.4, -0.2) is 0 Å². The number of hydrogen-bond acceptors (Lipinski definition) is 0. The summed E-state index contributed by atoms with van der Waals surface area (Å²) in [6.07, 6.45) is 20.7. The first-order valence-corrected chi connectivity index (χ1v) is 8.17. The molecule has 0 saturated carbocycles. The van der Waals surface area contributed by atoms with E-state index in [9.17, 15) is 0 Å². The van der Waals surface area contributed by atoms with Gasteiger partial charge in [0.25, 0.3) is 0 Å². The van der Waals surface area contributed by atoms with Crippen molar-refractivity contribution in [1.29, 1.82) is 0 Å². The quantitative estimate of drug-likeness (QED) is 0.297. The van der Waals surface area contributed by atoms with Crippen LogP contribution in [-0.2, 0) is 0 Å². The summed E-state index contributed by atoms with van der Waals surface area (Å²) >= 11 is 0. The second-order valence-corrected chi connectivity index (χ2v) is 5.82. The van der Waals surface area contributed by atoms with Crippen molar-refractivity contribution < 1.29 is 0 Å². The lowest BCUT2D eigenvalue weighted by Gasteiger charge is -2.09. The van der Waals surface area contributed by atoms with Gasteiger partial charge in [-0.05, 0) is 65.2 Å². The average Bonchev–Trinajstić information content (AvgIpc) is 2.43. The predicted octanol–water partition coefficient (Wildman–Crippen LogP) is 7.01. The van der Waals surface area contributed by atoms with Crippen LogP contribution in [0.3, 0.4) is 0 Å². The average molecular weight is 274 g/mol. The maximum absolute atomic E-state index is 2.34. The van der Waals surface area contributed by atoms with Gasteiger partial charge < -0.3 is 0 Å². The molecule has 0 bridgehead atoms. The lowest BCUT2D eigenvalue weighted by atomic mass is 9.97. The molecule has 0 radical (unpaired) electrons. The van der Waals surface area contributed by atoms with Crippen molar-refractivity contribution in [2.45, 2.75) is 73.1 Å². The molecule has 0 rings (SSSR count). The van der Waals surface area contributed by atoms with Gasteiger partial charge in [-0.2, -0.15) is 0 Å². The molecule has 0 fully saturated rings. The van der Waals surface area contributed by atoms with Gasteiger partial charge in [-0.1, -0.05) is 61.4 Å². The van der Waals surface area contributed by atoms with Crippen LogP contribution in [0.25, 0.3) is 0 Å². The molecule has 0 amide bonds. The molecule has 0 nitrogen and oxygen atoms in total. The van der Waals surface area contributed by atoms with E-state index in [1.807, 2.05) is 0 Å². The first-order chi connectivity index (χ1) is 9.59. The largest absolute Gasteiger partial charge is 0.0917 e. The van der Waals surface area contributed by atoms with Gasteiger partial charge in [0.15, 0.2) is 0 Å². The lowest BCUT2D eigenvalue weighted by Crippen LogP contribution is -1.93. The van der Waals surface area contributed by atoms with E-state index in [1.165, 1.54) is 38.5 Å². The molecule has 114 valence electrons. The van der Waals surface area contributed by atoms with Crippen LogP contribution < -0.4 is 0 Å². The molecule has 0 aromatic heterocycles. The molecule has 0 aliphatic rings. The first kappa shape index (κ1) is 19.0. The van der Waals surface area contributed by atoms with Crippen molar-refractivity contribution >= 4 is 0 Å². The normalized spacial score (nSPS) is 14.1. The van der Waals surface area contributed by atoms with Crippen LogP contribution in [0.15, 0.2) is 47.6 Å². The van der Waals surface area contributed by atoms with Crippen LogP contribution >= 0.6 is 0 Å². The highest BCUT2D eigenvalue weighted by Gasteiger charge is 2.00. The highest BCUT2D eigenvalue weighted by Crippen LogP contribution is 2.17. The maximum Gasteiger partial charge on any atom is -0.0260 e. The lowest BCUT2D eigenvalue weighted by molar-refractivity contribution is 0.742. The first-order valence-electron chi connectivity index (χ1n) is 8.17. The van der Waals surface area contributed by atoms with E-state index in [0.29, 0.717) is 5.92 Å². The van der Waals surface area contributed by atoms with Crippen LogP contribution in [0.1, 0.15) is 73.1 Å². The summed E-state index contributed by atoms with van der Waals surface area (Å²) in [5.41, 5.74) is 3.12. The Balaban J connectivity index is 3.66. The zero-order valence-electron chi connectivity index (χ0n) is 14.3. The van der Waals surface area contributed by atoms with Gasteiger partial charge in [-0.25, -0.2) is 0 Å². The Hall–Kier alpha value is -1.04. The Kier molecular flexibility index (Phi) is 12.3. The minimum Gasteiger partial charge on any atom is -0.0917 e. The van der Waals surface area contributed by atoms with Crippen molar-refractivity contribution in [1.82, 2.24) is 0 Å². The fraction of sp³-hybridized carbons (Fsp3) is 0.600. The number of allylic oxidation sites excluding steroid dienone is 8. The van der Waals surface area contributed by atoms with Crippen LogP contribution in [0, 0.1) is 5.92 Å². The van der Waals surface area contributed by atoms with Crippen LogP contribution in [0.4, 0.5) is 0 Å². The fourth-order valence-electron chi connectivity index (χ4n) is 2.01. The van der Waals surface area contributed by atoms with Gasteiger partial charge in [0.1, 0.15) is 0 Å². The number of unbranched alkanes of at least 4 members (excludes halogenated alkanes) is 2. The Bertz CT molecular complexity index is 337. The standard InChI is InChI=1S/C20H34/c1-6-7-8-9-10-11-12-13-14-15-16-17-19(4)20(5)18(2)3/h6-7,10-11,14-15,18H,8-9,12-13,16-17H2,1-5H3/b7-6+,11-10+,15-14+,20-19+. The minimum absolute atomic E-state index is 0.687. The Labute approximate surface area is 127 Å². The summed E-state index contributed by atoms with van der Waals surface area (Å²) in [4.78, 5) is 0. The molecule has 0 aliphatic heterocycles. The second kappa shape index (κ2) is 13.0. The third-order valence-corrected chi connectivity index (χ3v) is 3.79. The highest BCUT2D eigenvalue weighted by molar-refractivity contribution is 5.12. The van der Waals surface area contributed by atoms with Crippen molar-refractivity contribution in [2.75, 3.05) is 0 Å². The van der Waals surface area contributed by atoms with E-state index >= 15 is 0 Å². The minimum atomic E-state index is 0.687. The second-order valence-electron chi connectivity index (χ2n) is 5.82. The predicted molar refractivity (Wildman–Crippen MR) is 94.0 cm³/mol. The third kappa shape index (κ3) is 10.8. The summed E-state index contributed by atoms with van der Waals surface area (Å²) < 4.78 is 0. The van der Waals surface area contributed by atoms with Crippen LogP contribution in [0.2, 0.25) is 0 Å². The zero-order chi connectivity index (χ0) is 15.2. The Morgan fingerprint density at radius 3 is 1.65 bits per heavy atom. The summed E-state index contributed by atoms with van der Waals surface area (Å²) in [6.45, 7) is 11.2. The van der Waals surface area contributed by atoms with E-state index in [0.717, 1.165) is 0 Å². The Morgan fingerprint density at radius 2 is 1.20 bits per heavy atom. The smallest absolute Gasteiger partial charge is 0.0260 e. The van der Waals surface area contributed by atoms with Gasteiger partial charge in [0.2, 0.25) is 0 Å². The molecule has 0 aromatic carbocycles. The molecule has 0 aliphatic carbocycles. The highest BCUT2D eigenvalue weighted by atomic mass is 14.1. The summed E-state index contributed by atoms with van der Waals surface area (Å²) in [5.74, 6) is 0.687. The molecule has 0 heteroatoms. The fourth-order valence-corrected chi connectivity index (χ4v) is 2.01. The summed E-state index contributed by atoms with van der Waals surface area (Å²) in [6, 6.07) is 0. The van der Waals surface area contributed by atoms with Gasteiger partial charge in [0, 0.05) is 0 Å². The van der Waals surface area contributed by atoms with Gasteiger partial charge in [-0.3, -0.25) is 0 Å². The maximum atomic E-state index is 2.34. The van der Waals surface area contributed by atoms with Crippen LogP contribution in [0.5, 0.6) is 0 Å². The number of rotatable bonds is 10. The van der Waals surface area contributed by atoms with Crippen molar-refractivity contribution in [3.8, 4) is 0 Å². The molecule has 0 atom stereocenters. The van der Waals surface area contributed by atoms with E-state index in [2.05, 4.69) is 71.1 Å². The van der Waals surface area contributed by atoms with Crippen molar-refractivity contribution in [2.24, 2.45) is 5.92 Å². The molecule has 20 heavy (non-hydrogen) atoms.